The van der Waals surface area contributed by atoms with Crippen molar-refractivity contribution in [2.45, 2.75) is 6.92 Å². The van der Waals surface area contributed by atoms with Gasteiger partial charge in [-0.1, -0.05) is 29.3 Å². The first-order valence-corrected chi connectivity index (χ1v) is 5.76. The van der Waals surface area contributed by atoms with E-state index in [1.54, 1.807) is 6.07 Å². The molecule has 1 heterocycles. The average molecular weight is 268 g/mol. The van der Waals surface area contributed by atoms with Gasteiger partial charge in [-0.25, -0.2) is 4.98 Å². The summed E-state index contributed by atoms with van der Waals surface area (Å²) >= 11 is 11.9. The zero-order valence-electron chi connectivity index (χ0n) is 9.17. The van der Waals surface area contributed by atoms with Crippen LogP contribution < -0.4 is 11.1 Å². The third-order valence-corrected chi connectivity index (χ3v) is 2.80. The number of rotatable bonds is 2. The quantitative estimate of drug-likeness (QED) is 0.864. The molecule has 0 amide bonds. The minimum Gasteiger partial charge on any atom is -0.396 e. The first-order valence-electron chi connectivity index (χ1n) is 5.00. The van der Waals surface area contributed by atoms with Gasteiger partial charge in [-0.15, -0.1) is 0 Å². The molecule has 0 bridgehead atoms. The number of nitrogen functional groups attached to an aromatic ring is 1. The zero-order chi connectivity index (χ0) is 12.4. The van der Waals surface area contributed by atoms with Gasteiger partial charge in [-0.2, -0.15) is 0 Å². The third kappa shape index (κ3) is 2.81. The number of aryl methyl sites for hydroxylation is 1. The molecule has 0 spiro atoms. The van der Waals surface area contributed by atoms with E-state index in [4.69, 9.17) is 28.9 Å². The molecule has 2 aromatic rings. The van der Waals surface area contributed by atoms with Crippen molar-refractivity contribution in [3.8, 4) is 0 Å². The molecule has 3 nitrogen and oxygen atoms in total. The maximum absolute atomic E-state index is 6.07. The fourth-order valence-corrected chi connectivity index (χ4v) is 1.75. The van der Waals surface area contributed by atoms with Crippen LogP contribution >= 0.6 is 23.2 Å². The Morgan fingerprint density at radius 2 is 2.00 bits per heavy atom. The van der Waals surface area contributed by atoms with E-state index in [9.17, 15) is 0 Å². The number of hydrogen-bond acceptors (Lipinski definition) is 3. The topological polar surface area (TPSA) is 50.9 Å². The molecule has 0 unspecified atom stereocenters. The van der Waals surface area contributed by atoms with E-state index in [0.29, 0.717) is 21.6 Å². The van der Waals surface area contributed by atoms with Crippen molar-refractivity contribution in [3.63, 3.8) is 0 Å². The van der Waals surface area contributed by atoms with Crippen LogP contribution in [0.4, 0.5) is 17.2 Å². The molecule has 1 aromatic heterocycles. The second-order valence-corrected chi connectivity index (χ2v) is 4.54. The number of anilines is 3. The van der Waals surface area contributed by atoms with Gasteiger partial charge in [0.05, 0.1) is 21.4 Å². The van der Waals surface area contributed by atoms with E-state index in [1.807, 2.05) is 25.1 Å². The molecule has 0 saturated heterocycles. The molecule has 0 saturated carbocycles. The van der Waals surface area contributed by atoms with Gasteiger partial charge in [0, 0.05) is 6.20 Å². The number of hydrogen-bond donors (Lipinski definition) is 2. The molecule has 2 rings (SSSR count). The number of aromatic nitrogens is 1. The van der Waals surface area contributed by atoms with Crippen LogP contribution in [0.3, 0.4) is 0 Å². The minimum absolute atomic E-state index is 0.482. The highest BCUT2D eigenvalue weighted by Crippen LogP contribution is 2.28. The second kappa shape index (κ2) is 4.82. The molecule has 0 radical (unpaired) electrons. The summed E-state index contributed by atoms with van der Waals surface area (Å²) in [7, 11) is 0. The van der Waals surface area contributed by atoms with Crippen LogP contribution in [0.1, 0.15) is 5.56 Å². The lowest BCUT2D eigenvalue weighted by Gasteiger charge is -2.10. The molecule has 88 valence electrons. The van der Waals surface area contributed by atoms with Crippen molar-refractivity contribution >= 4 is 40.4 Å². The highest BCUT2D eigenvalue weighted by Gasteiger charge is 2.05. The number of nitrogens with one attached hydrogen (secondary N) is 1. The largest absolute Gasteiger partial charge is 0.396 e. The summed E-state index contributed by atoms with van der Waals surface area (Å²) in [5.74, 6) is 0.543. The van der Waals surface area contributed by atoms with Crippen LogP contribution in [0, 0.1) is 6.92 Å². The van der Waals surface area contributed by atoms with Gasteiger partial charge in [-0.3, -0.25) is 0 Å². The Balaban J connectivity index is 2.34. The lowest BCUT2D eigenvalue weighted by Crippen LogP contribution is -1.99. The van der Waals surface area contributed by atoms with E-state index >= 15 is 0 Å². The van der Waals surface area contributed by atoms with Gasteiger partial charge in [-0.05, 0) is 30.7 Å². The SMILES string of the molecule is Cc1ccc(Cl)c(Nc2ncc(Cl)cc2N)c1. The van der Waals surface area contributed by atoms with Crippen LogP contribution in [0.2, 0.25) is 10.0 Å². The smallest absolute Gasteiger partial charge is 0.153 e. The second-order valence-electron chi connectivity index (χ2n) is 3.70. The normalized spacial score (nSPS) is 10.3. The van der Waals surface area contributed by atoms with E-state index in [1.165, 1.54) is 6.20 Å². The van der Waals surface area contributed by atoms with Crippen molar-refractivity contribution in [1.29, 1.82) is 0 Å². The maximum Gasteiger partial charge on any atom is 0.153 e. The van der Waals surface area contributed by atoms with Gasteiger partial charge in [0.1, 0.15) is 0 Å². The Morgan fingerprint density at radius 1 is 1.24 bits per heavy atom. The summed E-state index contributed by atoms with van der Waals surface area (Å²) in [4.78, 5) is 4.12. The predicted molar refractivity (Wildman–Crippen MR) is 73.1 cm³/mol. The highest BCUT2D eigenvalue weighted by atomic mass is 35.5. The highest BCUT2D eigenvalue weighted by molar-refractivity contribution is 6.33. The van der Waals surface area contributed by atoms with Gasteiger partial charge in [0.2, 0.25) is 0 Å². The lowest BCUT2D eigenvalue weighted by atomic mass is 10.2. The van der Waals surface area contributed by atoms with Crippen LogP contribution in [0.15, 0.2) is 30.5 Å². The van der Waals surface area contributed by atoms with Gasteiger partial charge in [0.15, 0.2) is 5.82 Å². The fraction of sp³-hybridized carbons (Fsp3) is 0.0833. The molecule has 17 heavy (non-hydrogen) atoms. The summed E-state index contributed by atoms with van der Waals surface area (Å²) in [6, 6.07) is 7.33. The van der Waals surface area contributed by atoms with Crippen LogP contribution in [-0.4, -0.2) is 4.98 Å². The van der Waals surface area contributed by atoms with Gasteiger partial charge >= 0.3 is 0 Å². The predicted octanol–water partition coefficient (Wildman–Crippen LogP) is 4.02. The Labute approximate surface area is 110 Å². The zero-order valence-corrected chi connectivity index (χ0v) is 10.7. The number of pyridine rings is 1. The van der Waals surface area contributed by atoms with Crippen molar-refractivity contribution in [2.75, 3.05) is 11.1 Å². The van der Waals surface area contributed by atoms with Crippen LogP contribution in [0.5, 0.6) is 0 Å². The molecule has 0 fully saturated rings. The van der Waals surface area contributed by atoms with Gasteiger partial charge < -0.3 is 11.1 Å². The Hall–Kier alpha value is -1.45. The average Bonchev–Trinajstić information content (AvgIpc) is 2.27. The molecule has 5 heteroatoms. The molecule has 0 aliphatic rings. The van der Waals surface area contributed by atoms with E-state index in [-0.39, 0.29) is 0 Å². The van der Waals surface area contributed by atoms with E-state index in [0.717, 1.165) is 11.3 Å². The van der Waals surface area contributed by atoms with E-state index < -0.39 is 0 Å². The Bertz CT molecular complexity index is 555. The summed E-state index contributed by atoms with van der Waals surface area (Å²) in [5, 5.41) is 4.20. The third-order valence-electron chi connectivity index (χ3n) is 2.26. The fourth-order valence-electron chi connectivity index (χ4n) is 1.42. The van der Waals surface area contributed by atoms with Gasteiger partial charge in [0.25, 0.3) is 0 Å². The first kappa shape index (κ1) is 12.0. The van der Waals surface area contributed by atoms with Crippen molar-refractivity contribution in [3.05, 3.63) is 46.1 Å². The molecule has 0 atom stereocenters. The monoisotopic (exact) mass is 267 g/mol. The van der Waals surface area contributed by atoms with E-state index in [2.05, 4.69) is 10.3 Å². The summed E-state index contributed by atoms with van der Waals surface area (Å²) in [5.41, 5.74) is 8.16. The molecule has 3 N–H and O–H groups in total. The molecular formula is C12H11Cl2N3. The summed E-state index contributed by atoms with van der Waals surface area (Å²) in [6.07, 6.45) is 1.53. The summed E-state index contributed by atoms with van der Waals surface area (Å²) in [6.45, 7) is 1.99. The van der Waals surface area contributed by atoms with Crippen LogP contribution in [-0.2, 0) is 0 Å². The standard InChI is InChI=1S/C12H11Cl2N3/c1-7-2-3-9(14)11(4-7)17-12-10(15)5-8(13)6-16-12/h2-6H,15H2,1H3,(H,16,17). The van der Waals surface area contributed by atoms with Crippen LogP contribution in [0.25, 0.3) is 0 Å². The van der Waals surface area contributed by atoms with Crippen molar-refractivity contribution < 1.29 is 0 Å². The van der Waals surface area contributed by atoms with Crippen molar-refractivity contribution in [1.82, 2.24) is 4.98 Å². The molecule has 0 aliphatic heterocycles. The minimum atomic E-state index is 0.482. The molecule has 0 aliphatic carbocycles. The lowest BCUT2D eigenvalue weighted by molar-refractivity contribution is 1.31. The van der Waals surface area contributed by atoms with Crippen molar-refractivity contribution in [2.24, 2.45) is 0 Å². The number of nitrogens with zero attached hydrogens (tertiary/aromatic N) is 1. The number of halogens is 2. The molecule has 1 aromatic carbocycles. The first-order chi connectivity index (χ1) is 8.06. The Kier molecular flexibility index (Phi) is 3.41. The number of benzene rings is 1. The number of nitrogens with two attached hydrogens (primary N) is 1. The molecular weight excluding hydrogens is 257 g/mol. The maximum atomic E-state index is 6.07. The summed E-state index contributed by atoms with van der Waals surface area (Å²) < 4.78 is 0. The Morgan fingerprint density at radius 3 is 2.71 bits per heavy atom.